The molecule has 7 nitrogen and oxygen atoms in total. The number of carboxylic acid groups (broad SMARTS) is 1. The number of nitrogens with one attached hydrogen (secondary N) is 1. The zero-order chi connectivity index (χ0) is 15.6. The van der Waals surface area contributed by atoms with Crippen LogP contribution in [0.3, 0.4) is 0 Å². The predicted molar refractivity (Wildman–Crippen MR) is 76.9 cm³/mol. The third kappa shape index (κ3) is 3.42. The Balaban J connectivity index is 2.14. The Morgan fingerprint density at radius 3 is 2.57 bits per heavy atom. The first-order valence-electron chi connectivity index (χ1n) is 6.44. The number of carbonyl (C=O) groups is 2. The molecule has 1 saturated heterocycles. The molecule has 1 aromatic heterocycles. The van der Waals surface area contributed by atoms with Gasteiger partial charge >= 0.3 is 5.97 Å². The van der Waals surface area contributed by atoms with Gasteiger partial charge in [-0.3, -0.25) is 9.59 Å². The van der Waals surface area contributed by atoms with Gasteiger partial charge in [0.25, 0.3) is 5.91 Å². The van der Waals surface area contributed by atoms with E-state index in [1.807, 2.05) is 0 Å². The Morgan fingerprint density at radius 1 is 1.38 bits per heavy atom. The molecular formula is C12H16N2O5S2. The first-order valence-corrected chi connectivity index (χ1v) is 8.76. The summed E-state index contributed by atoms with van der Waals surface area (Å²) >= 11 is 0.986. The Labute approximate surface area is 126 Å². The SMILES string of the molecule is C[C@H](NC(=O)c1cc(S(=O)(=O)N2CCCC2)cs1)C(=O)O. The molecule has 0 saturated carbocycles. The molecule has 1 amide bonds. The number of sulfonamides is 1. The fraction of sp³-hybridized carbons (Fsp3) is 0.500. The van der Waals surface area contributed by atoms with Crippen LogP contribution in [-0.4, -0.2) is 48.8 Å². The maximum Gasteiger partial charge on any atom is 0.325 e. The predicted octanol–water partition coefficient (Wildman–Crippen LogP) is 0.736. The van der Waals surface area contributed by atoms with Crippen LogP contribution in [0.25, 0.3) is 0 Å². The summed E-state index contributed by atoms with van der Waals surface area (Å²) in [6.07, 6.45) is 1.68. The molecule has 0 unspecified atom stereocenters. The van der Waals surface area contributed by atoms with Gasteiger partial charge in [-0.05, 0) is 25.8 Å². The highest BCUT2D eigenvalue weighted by Gasteiger charge is 2.29. The van der Waals surface area contributed by atoms with Gasteiger partial charge in [-0.1, -0.05) is 0 Å². The van der Waals surface area contributed by atoms with Gasteiger partial charge in [0.2, 0.25) is 10.0 Å². The molecule has 0 bridgehead atoms. The summed E-state index contributed by atoms with van der Waals surface area (Å²) in [5.74, 6) is -1.73. The normalized spacial score (nSPS) is 17.6. The summed E-state index contributed by atoms with van der Waals surface area (Å²) in [6.45, 7) is 2.33. The van der Waals surface area contributed by atoms with Crippen LogP contribution in [0.1, 0.15) is 29.4 Å². The van der Waals surface area contributed by atoms with E-state index in [1.165, 1.54) is 22.7 Å². The molecule has 9 heteroatoms. The van der Waals surface area contributed by atoms with Gasteiger partial charge in [0, 0.05) is 18.5 Å². The van der Waals surface area contributed by atoms with E-state index in [0.29, 0.717) is 13.1 Å². The lowest BCUT2D eigenvalue weighted by Crippen LogP contribution is -2.37. The first-order chi connectivity index (χ1) is 9.82. The number of nitrogens with zero attached hydrogens (tertiary/aromatic N) is 1. The number of amides is 1. The van der Waals surface area contributed by atoms with E-state index in [0.717, 1.165) is 24.2 Å². The van der Waals surface area contributed by atoms with E-state index >= 15 is 0 Å². The number of rotatable bonds is 5. The summed E-state index contributed by atoms with van der Waals surface area (Å²) in [4.78, 5) is 22.8. The molecule has 1 fully saturated rings. The van der Waals surface area contributed by atoms with Crippen LogP contribution in [0.5, 0.6) is 0 Å². The van der Waals surface area contributed by atoms with Crippen LogP contribution in [-0.2, 0) is 14.8 Å². The monoisotopic (exact) mass is 332 g/mol. The highest BCUT2D eigenvalue weighted by Crippen LogP contribution is 2.25. The van der Waals surface area contributed by atoms with Gasteiger partial charge in [0.05, 0.1) is 9.77 Å². The average Bonchev–Trinajstić information content (AvgIpc) is 3.10. The van der Waals surface area contributed by atoms with Crippen molar-refractivity contribution >= 4 is 33.2 Å². The molecule has 21 heavy (non-hydrogen) atoms. The number of carboxylic acids is 1. The lowest BCUT2D eigenvalue weighted by molar-refractivity contribution is -0.138. The standard InChI is InChI=1S/C12H16N2O5S2/c1-8(12(16)17)13-11(15)10-6-9(7-20-10)21(18,19)14-4-2-3-5-14/h6-8H,2-5H2,1H3,(H,13,15)(H,16,17)/t8-/m0/s1. The number of carbonyl (C=O) groups excluding carboxylic acids is 1. The molecule has 2 heterocycles. The minimum atomic E-state index is -3.55. The van der Waals surface area contributed by atoms with Crippen molar-refractivity contribution in [2.75, 3.05) is 13.1 Å². The van der Waals surface area contributed by atoms with Gasteiger partial charge in [-0.2, -0.15) is 4.31 Å². The van der Waals surface area contributed by atoms with Gasteiger partial charge in [0.1, 0.15) is 6.04 Å². The molecule has 1 aromatic rings. The summed E-state index contributed by atoms with van der Waals surface area (Å²) in [5.41, 5.74) is 0. The van der Waals surface area contributed by atoms with Crippen molar-refractivity contribution in [1.29, 1.82) is 0 Å². The number of aliphatic carboxylic acids is 1. The minimum absolute atomic E-state index is 0.0857. The molecule has 0 spiro atoms. The fourth-order valence-corrected chi connectivity index (χ4v) is 4.66. The van der Waals surface area contributed by atoms with Gasteiger partial charge < -0.3 is 10.4 Å². The molecule has 0 radical (unpaired) electrons. The van der Waals surface area contributed by atoms with Crippen molar-refractivity contribution in [1.82, 2.24) is 9.62 Å². The second-order valence-electron chi connectivity index (χ2n) is 4.79. The Bertz CT molecular complexity index is 646. The van der Waals surface area contributed by atoms with Crippen LogP contribution in [0, 0.1) is 0 Å². The number of hydrogen-bond donors (Lipinski definition) is 2. The Hall–Kier alpha value is -1.45. The van der Waals surface area contributed by atoms with Crippen molar-refractivity contribution in [2.24, 2.45) is 0 Å². The third-order valence-electron chi connectivity index (χ3n) is 3.22. The smallest absolute Gasteiger partial charge is 0.325 e. The largest absolute Gasteiger partial charge is 0.480 e. The molecular weight excluding hydrogens is 316 g/mol. The first kappa shape index (κ1) is 15.9. The fourth-order valence-electron chi connectivity index (χ4n) is 1.98. The van der Waals surface area contributed by atoms with Crippen LogP contribution < -0.4 is 5.32 Å². The molecule has 1 atom stereocenters. The summed E-state index contributed by atoms with van der Waals surface area (Å²) in [7, 11) is -3.55. The van der Waals surface area contributed by atoms with Crippen LogP contribution in [0.15, 0.2) is 16.3 Å². The van der Waals surface area contributed by atoms with Gasteiger partial charge in [-0.15, -0.1) is 11.3 Å². The van der Waals surface area contributed by atoms with Crippen LogP contribution in [0.2, 0.25) is 0 Å². The summed E-state index contributed by atoms with van der Waals surface area (Å²) < 4.78 is 26.0. The zero-order valence-electron chi connectivity index (χ0n) is 11.4. The molecule has 0 aromatic carbocycles. The highest BCUT2D eigenvalue weighted by atomic mass is 32.2. The second-order valence-corrected chi connectivity index (χ2v) is 7.64. The lowest BCUT2D eigenvalue weighted by Gasteiger charge is -2.13. The van der Waals surface area contributed by atoms with Gasteiger partial charge in [0.15, 0.2) is 0 Å². The Kier molecular flexibility index (Phi) is 4.64. The zero-order valence-corrected chi connectivity index (χ0v) is 13.0. The van der Waals surface area contributed by atoms with E-state index in [-0.39, 0.29) is 9.77 Å². The van der Waals surface area contributed by atoms with Crippen molar-refractivity contribution in [3.05, 3.63) is 16.3 Å². The Morgan fingerprint density at radius 2 is 2.00 bits per heavy atom. The molecule has 1 aliphatic heterocycles. The minimum Gasteiger partial charge on any atom is -0.480 e. The molecule has 2 rings (SSSR count). The summed E-state index contributed by atoms with van der Waals surface area (Å²) in [5, 5.41) is 12.4. The van der Waals surface area contributed by atoms with E-state index in [2.05, 4.69) is 5.32 Å². The quantitative estimate of drug-likeness (QED) is 0.827. The van der Waals surface area contributed by atoms with Crippen molar-refractivity contribution in [3.63, 3.8) is 0 Å². The highest BCUT2D eigenvalue weighted by molar-refractivity contribution is 7.89. The van der Waals surface area contributed by atoms with Gasteiger partial charge in [-0.25, -0.2) is 8.42 Å². The average molecular weight is 332 g/mol. The number of thiophene rings is 1. The van der Waals surface area contributed by atoms with Crippen molar-refractivity contribution in [3.8, 4) is 0 Å². The third-order valence-corrected chi connectivity index (χ3v) is 6.17. The number of hydrogen-bond acceptors (Lipinski definition) is 5. The van der Waals surface area contributed by atoms with E-state index in [9.17, 15) is 18.0 Å². The van der Waals surface area contributed by atoms with Crippen molar-refractivity contribution in [2.45, 2.75) is 30.7 Å². The summed E-state index contributed by atoms with van der Waals surface area (Å²) in [6, 6.07) is 0.264. The topological polar surface area (TPSA) is 104 Å². The lowest BCUT2D eigenvalue weighted by atomic mass is 10.3. The molecule has 2 N–H and O–H groups in total. The second kappa shape index (κ2) is 6.12. The molecule has 1 aliphatic rings. The maximum atomic E-state index is 12.3. The van der Waals surface area contributed by atoms with Crippen LogP contribution >= 0.6 is 11.3 Å². The van der Waals surface area contributed by atoms with E-state index < -0.39 is 27.9 Å². The molecule has 116 valence electrons. The van der Waals surface area contributed by atoms with E-state index in [4.69, 9.17) is 5.11 Å². The van der Waals surface area contributed by atoms with E-state index in [1.54, 1.807) is 0 Å². The van der Waals surface area contributed by atoms with Crippen LogP contribution in [0.4, 0.5) is 0 Å². The molecule has 0 aliphatic carbocycles. The maximum absolute atomic E-state index is 12.3. The van der Waals surface area contributed by atoms with Crippen molar-refractivity contribution < 1.29 is 23.1 Å².